The highest BCUT2D eigenvalue weighted by Gasteiger charge is 2.12. The Hall–Kier alpha value is -2.69. The third-order valence-corrected chi connectivity index (χ3v) is 3.75. The molecule has 27 heavy (non-hydrogen) atoms. The molecule has 1 aromatic rings. The number of unbranched alkanes of at least 4 members (excludes halogenated alkanes) is 2. The summed E-state index contributed by atoms with van der Waals surface area (Å²) in [4.78, 5) is 11.1. The Morgan fingerprint density at radius 2 is 1.59 bits per heavy atom. The van der Waals surface area contributed by atoms with Gasteiger partial charge in [0.2, 0.25) is 5.75 Å². The van der Waals surface area contributed by atoms with Crippen molar-refractivity contribution < 1.29 is 23.7 Å². The first-order valence-corrected chi connectivity index (χ1v) is 9.10. The summed E-state index contributed by atoms with van der Waals surface area (Å²) in [5, 5.41) is 0. The minimum Gasteiger partial charge on any atom is -0.493 e. The lowest BCUT2D eigenvalue weighted by atomic mass is 10.1. The molecule has 0 amide bonds. The van der Waals surface area contributed by atoms with E-state index in [1.54, 1.807) is 34.3 Å². The van der Waals surface area contributed by atoms with Crippen molar-refractivity contribution in [2.45, 2.75) is 32.6 Å². The van der Waals surface area contributed by atoms with Crippen LogP contribution in [-0.2, 0) is 16.0 Å². The van der Waals surface area contributed by atoms with E-state index in [1.165, 1.54) is 6.08 Å². The summed E-state index contributed by atoms with van der Waals surface area (Å²) in [6.07, 6.45) is 15.2. The molecule has 0 saturated heterocycles. The van der Waals surface area contributed by atoms with Crippen LogP contribution >= 0.6 is 0 Å². The number of benzene rings is 1. The summed E-state index contributed by atoms with van der Waals surface area (Å²) >= 11 is 0. The van der Waals surface area contributed by atoms with E-state index in [9.17, 15) is 4.79 Å². The molecule has 5 heteroatoms. The maximum absolute atomic E-state index is 11.1. The van der Waals surface area contributed by atoms with Crippen LogP contribution in [0.1, 0.15) is 31.7 Å². The van der Waals surface area contributed by atoms with Gasteiger partial charge in [-0.05, 0) is 50.3 Å². The van der Waals surface area contributed by atoms with Gasteiger partial charge in [-0.15, -0.1) is 0 Å². The Bertz CT molecular complexity index is 634. The number of ether oxygens (including phenoxy) is 4. The molecule has 0 N–H and O–H groups in total. The second-order valence-electron chi connectivity index (χ2n) is 5.68. The predicted octanol–water partition coefficient (Wildman–Crippen LogP) is 4.66. The van der Waals surface area contributed by atoms with Gasteiger partial charge in [0.05, 0.1) is 27.9 Å². The van der Waals surface area contributed by atoms with Crippen molar-refractivity contribution in [1.29, 1.82) is 0 Å². The second-order valence-corrected chi connectivity index (χ2v) is 5.68. The zero-order chi connectivity index (χ0) is 19.9. The average Bonchev–Trinajstić information content (AvgIpc) is 2.68. The number of esters is 1. The molecule has 148 valence electrons. The van der Waals surface area contributed by atoms with Crippen LogP contribution < -0.4 is 14.2 Å². The van der Waals surface area contributed by atoms with Gasteiger partial charge in [-0.25, -0.2) is 4.79 Å². The molecule has 5 nitrogen and oxygen atoms in total. The van der Waals surface area contributed by atoms with Crippen LogP contribution in [0.4, 0.5) is 0 Å². The third kappa shape index (κ3) is 8.49. The molecule has 1 aromatic carbocycles. The van der Waals surface area contributed by atoms with Crippen LogP contribution in [0.25, 0.3) is 0 Å². The molecule has 0 spiro atoms. The smallest absolute Gasteiger partial charge is 0.330 e. The van der Waals surface area contributed by atoms with E-state index in [-0.39, 0.29) is 5.97 Å². The van der Waals surface area contributed by atoms with Gasteiger partial charge in [0, 0.05) is 6.08 Å². The minimum absolute atomic E-state index is 0.308. The highest BCUT2D eigenvalue weighted by atomic mass is 16.5. The molecule has 0 heterocycles. The molecule has 0 fully saturated rings. The van der Waals surface area contributed by atoms with Crippen LogP contribution in [0.3, 0.4) is 0 Å². The highest BCUT2D eigenvalue weighted by Crippen LogP contribution is 2.38. The normalized spacial score (nSPS) is 11.4. The summed E-state index contributed by atoms with van der Waals surface area (Å²) in [5.74, 6) is 1.64. The number of carbonyl (C=O) groups is 1. The van der Waals surface area contributed by atoms with Crippen molar-refractivity contribution in [3.63, 3.8) is 0 Å². The molecular weight excluding hydrogens is 344 g/mol. The molecule has 1 rings (SSSR count). The van der Waals surface area contributed by atoms with Crippen molar-refractivity contribution in [3.8, 4) is 17.2 Å². The molecule has 0 aliphatic rings. The lowest BCUT2D eigenvalue weighted by molar-refractivity contribution is -0.137. The zero-order valence-corrected chi connectivity index (χ0v) is 16.7. The first kappa shape index (κ1) is 22.4. The van der Waals surface area contributed by atoms with Crippen molar-refractivity contribution in [1.82, 2.24) is 0 Å². The van der Waals surface area contributed by atoms with E-state index in [2.05, 4.69) is 12.2 Å². The maximum atomic E-state index is 11.1. The molecule has 0 atom stereocenters. The van der Waals surface area contributed by atoms with E-state index in [4.69, 9.17) is 18.9 Å². The largest absolute Gasteiger partial charge is 0.493 e. The summed E-state index contributed by atoms with van der Waals surface area (Å²) < 4.78 is 20.9. The molecule has 0 unspecified atom stereocenters. The van der Waals surface area contributed by atoms with Gasteiger partial charge in [0.25, 0.3) is 0 Å². The first-order chi connectivity index (χ1) is 13.2. The number of hydrogen-bond donors (Lipinski definition) is 0. The quantitative estimate of drug-likeness (QED) is 0.175. The molecule has 0 radical (unpaired) electrons. The zero-order valence-electron chi connectivity index (χ0n) is 16.7. The van der Waals surface area contributed by atoms with Gasteiger partial charge in [-0.1, -0.05) is 30.4 Å². The van der Waals surface area contributed by atoms with E-state index in [1.807, 2.05) is 24.3 Å². The van der Waals surface area contributed by atoms with E-state index in [0.717, 1.165) is 31.2 Å². The Morgan fingerprint density at radius 3 is 2.19 bits per heavy atom. The monoisotopic (exact) mass is 374 g/mol. The average molecular weight is 374 g/mol. The van der Waals surface area contributed by atoms with E-state index < -0.39 is 0 Å². The van der Waals surface area contributed by atoms with E-state index >= 15 is 0 Å². The molecule has 0 aromatic heterocycles. The number of carbonyl (C=O) groups excluding carboxylic acids is 1. The van der Waals surface area contributed by atoms with Gasteiger partial charge in [0.15, 0.2) is 11.5 Å². The highest BCUT2D eigenvalue weighted by molar-refractivity contribution is 5.82. The maximum Gasteiger partial charge on any atom is 0.330 e. The van der Waals surface area contributed by atoms with Gasteiger partial charge >= 0.3 is 5.97 Å². The Morgan fingerprint density at radius 1 is 0.926 bits per heavy atom. The SMILES string of the molecule is CCOC(=O)/C=C/C=C/CCC/C=C/Cc1cc(OC)c(OC)c(OC)c1. The van der Waals surface area contributed by atoms with Crippen LogP contribution in [0.15, 0.2) is 48.6 Å². The van der Waals surface area contributed by atoms with Gasteiger partial charge in [0.1, 0.15) is 0 Å². The minimum atomic E-state index is -0.308. The van der Waals surface area contributed by atoms with Crippen molar-refractivity contribution in [2.75, 3.05) is 27.9 Å². The van der Waals surface area contributed by atoms with Gasteiger partial charge in [-0.2, -0.15) is 0 Å². The van der Waals surface area contributed by atoms with Gasteiger partial charge in [-0.3, -0.25) is 0 Å². The van der Waals surface area contributed by atoms with Crippen LogP contribution in [-0.4, -0.2) is 33.9 Å². The predicted molar refractivity (Wildman–Crippen MR) is 108 cm³/mol. The summed E-state index contributed by atoms with van der Waals surface area (Å²) in [5.41, 5.74) is 1.10. The Labute approximate surface area is 162 Å². The fraction of sp³-hybridized carbons (Fsp3) is 0.409. The summed E-state index contributed by atoms with van der Waals surface area (Å²) in [7, 11) is 4.83. The summed E-state index contributed by atoms with van der Waals surface area (Å²) in [6, 6.07) is 3.93. The number of hydrogen-bond acceptors (Lipinski definition) is 5. The first-order valence-electron chi connectivity index (χ1n) is 9.10. The van der Waals surface area contributed by atoms with E-state index in [0.29, 0.717) is 23.9 Å². The lowest BCUT2D eigenvalue weighted by Crippen LogP contribution is -1.98. The molecule has 0 aliphatic carbocycles. The fourth-order valence-corrected chi connectivity index (χ4v) is 2.44. The number of rotatable bonds is 12. The van der Waals surface area contributed by atoms with Crippen molar-refractivity contribution in [2.24, 2.45) is 0 Å². The lowest BCUT2D eigenvalue weighted by Gasteiger charge is -2.13. The Kier molecular flexibility index (Phi) is 11.2. The molecule has 0 bridgehead atoms. The van der Waals surface area contributed by atoms with Crippen LogP contribution in [0.2, 0.25) is 0 Å². The van der Waals surface area contributed by atoms with Crippen LogP contribution in [0, 0.1) is 0 Å². The van der Waals surface area contributed by atoms with Crippen molar-refractivity contribution >= 4 is 5.97 Å². The molecule has 0 aliphatic heterocycles. The second kappa shape index (κ2) is 13.5. The standard InChI is InChI=1S/C22H30O5/c1-5-27-21(23)15-13-11-9-7-6-8-10-12-14-18-16-19(24-2)22(26-4)20(17-18)25-3/h9-13,15-17H,5-8,14H2,1-4H3/b11-9+,12-10+,15-13+. The summed E-state index contributed by atoms with van der Waals surface area (Å²) in [6.45, 7) is 2.19. The third-order valence-electron chi connectivity index (χ3n) is 3.75. The van der Waals surface area contributed by atoms with Crippen molar-refractivity contribution in [3.05, 3.63) is 54.2 Å². The molecule has 0 saturated carbocycles. The van der Waals surface area contributed by atoms with Crippen LogP contribution in [0.5, 0.6) is 17.2 Å². The number of allylic oxidation sites excluding steroid dienone is 5. The number of methoxy groups -OCH3 is 3. The topological polar surface area (TPSA) is 54.0 Å². The molecular formula is C22H30O5. The fourth-order valence-electron chi connectivity index (χ4n) is 2.44. The Balaban J connectivity index is 2.38. The van der Waals surface area contributed by atoms with Gasteiger partial charge < -0.3 is 18.9 Å².